The van der Waals surface area contributed by atoms with E-state index in [2.05, 4.69) is 0 Å². The first-order valence-electron chi connectivity index (χ1n) is 7.46. The minimum atomic E-state index is -0.838. The van der Waals surface area contributed by atoms with Crippen LogP contribution in [0, 0.1) is 0 Å². The summed E-state index contributed by atoms with van der Waals surface area (Å²) in [4.78, 5) is 24.8. The number of hydrogen-bond acceptors (Lipinski definition) is 3. The second-order valence-corrected chi connectivity index (χ2v) is 5.48. The van der Waals surface area contributed by atoms with Gasteiger partial charge in [-0.15, -0.1) is 0 Å². The molecule has 2 heterocycles. The first-order valence-corrected chi connectivity index (χ1v) is 7.46. The number of carboxylic acids is 1. The van der Waals surface area contributed by atoms with Gasteiger partial charge in [-0.1, -0.05) is 30.3 Å². The van der Waals surface area contributed by atoms with Gasteiger partial charge < -0.3 is 14.4 Å². The molecule has 5 nitrogen and oxygen atoms in total. The summed E-state index contributed by atoms with van der Waals surface area (Å²) in [5.41, 5.74) is 2.94. The molecule has 1 aliphatic heterocycles. The lowest BCUT2D eigenvalue weighted by atomic mass is 9.97. The Morgan fingerprint density at radius 2 is 2.09 bits per heavy atom. The van der Waals surface area contributed by atoms with Crippen molar-refractivity contribution in [3.05, 3.63) is 65.6 Å². The van der Waals surface area contributed by atoms with E-state index in [0.717, 1.165) is 23.1 Å². The van der Waals surface area contributed by atoms with Gasteiger partial charge in [-0.2, -0.15) is 0 Å². The van der Waals surface area contributed by atoms with Crippen molar-refractivity contribution in [1.29, 1.82) is 0 Å². The van der Waals surface area contributed by atoms with Crippen LogP contribution in [0.4, 0.5) is 0 Å². The smallest absolute Gasteiger partial charge is 0.307 e. The summed E-state index contributed by atoms with van der Waals surface area (Å²) in [6.45, 7) is 1.15. The first-order chi connectivity index (χ1) is 11.1. The maximum atomic E-state index is 12.2. The van der Waals surface area contributed by atoms with E-state index in [1.165, 1.54) is 6.26 Å². The Morgan fingerprint density at radius 1 is 1.22 bits per heavy atom. The predicted octanol–water partition coefficient (Wildman–Crippen LogP) is 2.84. The lowest BCUT2D eigenvalue weighted by Gasteiger charge is -2.26. The van der Waals surface area contributed by atoms with Crippen LogP contribution in [-0.4, -0.2) is 35.0 Å². The van der Waals surface area contributed by atoms with Crippen LogP contribution in [0.2, 0.25) is 0 Å². The molecule has 0 fully saturated rings. The summed E-state index contributed by atoms with van der Waals surface area (Å²) in [6, 6.07) is 10.9. The van der Waals surface area contributed by atoms with E-state index >= 15 is 0 Å². The third kappa shape index (κ3) is 3.51. The molecule has 3 rings (SSSR count). The number of aliphatic carboxylic acids is 1. The van der Waals surface area contributed by atoms with Crippen LogP contribution >= 0.6 is 0 Å². The minimum absolute atomic E-state index is 0.0181. The Labute approximate surface area is 133 Å². The van der Waals surface area contributed by atoms with Crippen molar-refractivity contribution in [3.63, 3.8) is 0 Å². The third-order valence-electron chi connectivity index (χ3n) is 3.88. The minimum Gasteiger partial charge on any atom is -0.481 e. The van der Waals surface area contributed by atoms with Crippen LogP contribution in [0.5, 0.6) is 0 Å². The molecule has 1 amide bonds. The molecule has 0 radical (unpaired) electrons. The highest BCUT2D eigenvalue weighted by Crippen LogP contribution is 2.24. The molecule has 23 heavy (non-hydrogen) atoms. The number of amides is 1. The van der Waals surface area contributed by atoms with Gasteiger partial charge in [0.05, 0.1) is 12.7 Å². The Morgan fingerprint density at radius 3 is 2.74 bits per heavy atom. The zero-order valence-corrected chi connectivity index (χ0v) is 12.6. The molecule has 0 saturated carbocycles. The highest BCUT2D eigenvalue weighted by Gasteiger charge is 2.21. The number of rotatable bonds is 4. The first kappa shape index (κ1) is 15.1. The lowest BCUT2D eigenvalue weighted by molar-refractivity contribution is -0.136. The summed E-state index contributed by atoms with van der Waals surface area (Å²) in [5, 5.41) is 8.89. The van der Waals surface area contributed by atoms with Crippen LogP contribution in [0.25, 0.3) is 5.57 Å². The Hall–Kier alpha value is -2.82. The van der Waals surface area contributed by atoms with Gasteiger partial charge in [0.15, 0.2) is 5.76 Å². The Balaban J connectivity index is 1.71. The van der Waals surface area contributed by atoms with Crippen molar-refractivity contribution in [3.8, 4) is 0 Å². The monoisotopic (exact) mass is 311 g/mol. The van der Waals surface area contributed by atoms with E-state index in [1.807, 2.05) is 30.3 Å². The number of nitrogens with zero attached hydrogens (tertiary/aromatic N) is 1. The van der Waals surface area contributed by atoms with Crippen molar-refractivity contribution in [1.82, 2.24) is 4.90 Å². The van der Waals surface area contributed by atoms with Gasteiger partial charge in [-0.05, 0) is 35.3 Å². The second-order valence-electron chi connectivity index (χ2n) is 5.48. The highest BCUT2D eigenvalue weighted by molar-refractivity contribution is 5.92. The molecule has 0 atom stereocenters. The molecule has 2 aromatic rings. The van der Waals surface area contributed by atoms with E-state index in [4.69, 9.17) is 9.52 Å². The topological polar surface area (TPSA) is 70.8 Å². The van der Waals surface area contributed by atoms with Crippen molar-refractivity contribution in [2.24, 2.45) is 0 Å². The van der Waals surface area contributed by atoms with Gasteiger partial charge in [-0.25, -0.2) is 0 Å². The average Bonchev–Trinajstić information content (AvgIpc) is 3.08. The molecule has 1 N–H and O–H groups in total. The molecule has 1 aromatic carbocycles. The number of carboxylic acid groups (broad SMARTS) is 1. The van der Waals surface area contributed by atoms with Crippen molar-refractivity contribution >= 4 is 17.4 Å². The van der Waals surface area contributed by atoms with E-state index < -0.39 is 5.97 Å². The van der Waals surface area contributed by atoms with Gasteiger partial charge in [0.1, 0.15) is 0 Å². The lowest BCUT2D eigenvalue weighted by Crippen LogP contribution is -2.34. The summed E-state index contributed by atoms with van der Waals surface area (Å²) >= 11 is 0. The van der Waals surface area contributed by atoms with Crippen LogP contribution in [0.1, 0.15) is 28.1 Å². The van der Waals surface area contributed by atoms with Gasteiger partial charge in [0, 0.05) is 13.1 Å². The van der Waals surface area contributed by atoms with Crippen LogP contribution in [0.15, 0.2) is 53.2 Å². The fraction of sp³-hybridized carbons (Fsp3) is 0.222. The number of furan rings is 1. The summed E-state index contributed by atoms with van der Waals surface area (Å²) < 4.78 is 5.15. The fourth-order valence-electron chi connectivity index (χ4n) is 2.73. The van der Waals surface area contributed by atoms with Crippen molar-refractivity contribution < 1.29 is 19.1 Å². The van der Waals surface area contributed by atoms with Crippen molar-refractivity contribution in [2.45, 2.75) is 12.8 Å². The van der Waals surface area contributed by atoms with E-state index in [0.29, 0.717) is 18.8 Å². The zero-order chi connectivity index (χ0) is 16.2. The second kappa shape index (κ2) is 6.52. The quantitative estimate of drug-likeness (QED) is 0.942. The Kier molecular flexibility index (Phi) is 4.28. The molecule has 118 valence electrons. The SMILES string of the molecule is O=C(O)Cc1cccc(C2=CCN(C(=O)c3ccco3)CC2)c1. The largest absolute Gasteiger partial charge is 0.481 e. The van der Waals surface area contributed by atoms with Crippen molar-refractivity contribution in [2.75, 3.05) is 13.1 Å². The average molecular weight is 311 g/mol. The van der Waals surface area contributed by atoms with Gasteiger partial charge >= 0.3 is 5.97 Å². The third-order valence-corrected chi connectivity index (χ3v) is 3.88. The van der Waals surface area contributed by atoms with E-state index in [9.17, 15) is 9.59 Å². The van der Waals surface area contributed by atoms with Gasteiger partial charge in [0.2, 0.25) is 0 Å². The summed E-state index contributed by atoms with van der Waals surface area (Å²) in [7, 11) is 0. The maximum Gasteiger partial charge on any atom is 0.307 e. The van der Waals surface area contributed by atoms with Crippen LogP contribution in [-0.2, 0) is 11.2 Å². The standard InChI is InChI=1S/C18H17NO4/c20-17(21)12-13-3-1-4-15(11-13)14-6-8-19(9-7-14)18(22)16-5-2-10-23-16/h1-6,10-11H,7-9,12H2,(H,20,21). The number of hydrogen-bond donors (Lipinski definition) is 1. The zero-order valence-electron chi connectivity index (χ0n) is 12.6. The molecular weight excluding hydrogens is 294 g/mol. The Bertz CT molecular complexity index is 746. The highest BCUT2D eigenvalue weighted by atomic mass is 16.4. The summed E-state index contributed by atoms with van der Waals surface area (Å²) in [6.07, 6.45) is 4.27. The molecule has 0 saturated heterocycles. The molecule has 5 heteroatoms. The number of benzene rings is 1. The van der Waals surface area contributed by atoms with E-state index in [-0.39, 0.29) is 12.3 Å². The maximum absolute atomic E-state index is 12.2. The molecule has 1 aromatic heterocycles. The fourth-order valence-corrected chi connectivity index (χ4v) is 2.73. The summed E-state index contributed by atoms with van der Waals surface area (Å²) in [5.74, 6) is -0.592. The van der Waals surface area contributed by atoms with E-state index in [1.54, 1.807) is 17.0 Å². The molecule has 0 unspecified atom stereocenters. The normalized spacial score (nSPS) is 14.4. The molecule has 1 aliphatic rings. The molecule has 0 bridgehead atoms. The molecule has 0 spiro atoms. The predicted molar refractivity (Wildman–Crippen MR) is 85.0 cm³/mol. The van der Waals surface area contributed by atoms with Crippen LogP contribution < -0.4 is 0 Å². The van der Waals surface area contributed by atoms with Gasteiger partial charge in [-0.3, -0.25) is 9.59 Å². The number of carbonyl (C=O) groups excluding carboxylic acids is 1. The van der Waals surface area contributed by atoms with Gasteiger partial charge in [0.25, 0.3) is 5.91 Å². The van der Waals surface area contributed by atoms with Crippen LogP contribution in [0.3, 0.4) is 0 Å². The molecular formula is C18H17NO4. The molecule has 0 aliphatic carbocycles. The number of carbonyl (C=O) groups is 2.